The Kier molecular flexibility index (Phi) is 6.90. The molecule has 6 heteroatoms. The van der Waals surface area contributed by atoms with E-state index in [1.807, 2.05) is 38.1 Å². The Morgan fingerprint density at radius 3 is 2.63 bits per heavy atom. The van der Waals surface area contributed by atoms with Gasteiger partial charge in [-0.3, -0.25) is 4.79 Å². The first-order valence-electron chi connectivity index (χ1n) is 10.1. The van der Waals surface area contributed by atoms with Crippen LogP contribution in [0, 0.1) is 6.92 Å². The van der Waals surface area contributed by atoms with E-state index in [4.69, 9.17) is 9.15 Å². The zero-order valence-electron chi connectivity index (χ0n) is 17.5. The highest BCUT2D eigenvalue weighted by Gasteiger charge is 2.20. The predicted molar refractivity (Wildman–Crippen MR) is 116 cm³/mol. The Labute approximate surface area is 175 Å². The number of hydrogen-bond donors (Lipinski definition) is 2. The van der Waals surface area contributed by atoms with E-state index in [1.165, 1.54) is 6.07 Å². The average molecular weight is 409 g/mol. The minimum Gasteiger partial charge on any atom is -0.480 e. The van der Waals surface area contributed by atoms with Crippen LogP contribution >= 0.6 is 0 Å². The molecule has 2 atom stereocenters. The van der Waals surface area contributed by atoms with E-state index in [0.29, 0.717) is 23.1 Å². The average Bonchev–Trinajstić information content (AvgIpc) is 2.71. The van der Waals surface area contributed by atoms with Crippen LogP contribution in [0.5, 0.6) is 5.75 Å². The highest BCUT2D eigenvalue weighted by atomic mass is 16.5. The number of amides is 1. The largest absolute Gasteiger partial charge is 0.480 e. The van der Waals surface area contributed by atoms with Gasteiger partial charge in [0.1, 0.15) is 11.3 Å². The number of ether oxygens (including phenoxy) is 1. The summed E-state index contributed by atoms with van der Waals surface area (Å²) in [6.45, 7) is 5.64. The van der Waals surface area contributed by atoms with Crippen LogP contribution < -0.4 is 15.7 Å². The summed E-state index contributed by atoms with van der Waals surface area (Å²) in [6.07, 6.45) is -0.0306. The Morgan fingerprint density at radius 2 is 1.93 bits per heavy atom. The molecule has 0 saturated heterocycles. The first-order chi connectivity index (χ1) is 14.4. The molecule has 1 amide bonds. The molecular formula is C24H27NO5. The lowest BCUT2D eigenvalue weighted by Crippen LogP contribution is -2.38. The van der Waals surface area contributed by atoms with Crippen molar-refractivity contribution in [2.24, 2.45) is 0 Å². The van der Waals surface area contributed by atoms with Gasteiger partial charge in [0, 0.05) is 12.6 Å². The van der Waals surface area contributed by atoms with Crippen molar-refractivity contribution in [3.05, 3.63) is 75.6 Å². The van der Waals surface area contributed by atoms with Crippen LogP contribution in [-0.4, -0.2) is 23.7 Å². The summed E-state index contributed by atoms with van der Waals surface area (Å²) in [5, 5.41) is 13.7. The fourth-order valence-corrected chi connectivity index (χ4v) is 3.41. The molecule has 1 heterocycles. The third kappa shape index (κ3) is 5.07. The SMILES string of the molecule is CCCc1cc(=O)oc2cc(C)cc(OC(C)C(=O)NCC(O)c3ccccc3)c12. The number of rotatable bonds is 8. The third-order valence-electron chi connectivity index (χ3n) is 4.88. The van der Waals surface area contributed by atoms with Gasteiger partial charge in [-0.05, 0) is 49.1 Å². The molecular weight excluding hydrogens is 382 g/mol. The molecule has 1 aromatic heterocycles. The number of benzene rings is 2. The Bertz CT molecular complexity index is 1070. The smallest absolute Gasteiger partial charge is 0.336 e. The van der Waals surface area contributed by atoms with Crippen LogP contribution in [0.25, 0.3) is 11.0 Å². The van der Waals surface area contributed by atoms with Crippen molar-refractivity contribution in [3.8, 4) is 5.75 Å². The van der Waals surface area contributed by atoms with Crippen LogP contribution in [0.2, 0.25) is 0 Å². The second kappa shape index (κ2) is 9.59. The van der Waals surface area contributed by atoms with E-state index in [1.54, 1.807) is 25.1 Å². The minimum absolute atomic E-state index is 0.0844. The highest BCUT2D eigenvalue weighted by Crippen LogP contribution is 2.31. The van der Waals surface area contributed by atoms with Crippen LogP contribution in [0.3, 0.4) is 0 Å². The van der Waals surface area contributed by atoms with Crippen molar-refractivity contribution in [2.75, 3.05) is 6.54 Å². The lowest BCUT2D eigenvalue weighted by Gasteiger charge is -2.19. The number of aryl methyl sites for hydroxylation is 2. The predicted octanol–water partition coefficient (Wildman–Crippen LogP) is 3.67. The molecule has 0 aliphatic rings. The topological polar surface area (TPSA) is 88.8 Å². The van der Waals surface area contributed by atoms with Gasteiger partial charge in [-0.2, -0.15) is 0 Å². The summed E-state index contributed by atoms with van der Waals surface area (Å²) in [4.78, 5) is 24.5. The van der Waals surface area contributed by atoms with Gasteiger partial charge in [-0.25, -0.2) is 4.79 Å². The second-order valence-corrected chi connectivity index (χ2v) is 7.41. The van der Waals surface area contributed by atoms with E-state index in [-0.39, 0.29) is 12.5 Å². The van der Waals surface area contributed by atoms with Crippen molar-refractivity contribution in [1.29, 1.82) is 0 Å². The quantitative estimate of drug-likeness (QED) is 0.554. The number of aliphatic hydroxyl groups is 1. The standard InChI is InChI=1S/C24H27NO5/c1-4-8-18-13-22(27)30-21-12-15(2)11-20(23(18)21)29-16(3)24(28)25-14-19(26)17-9-6-5-7-10-17/h5-7,9-13,16,19,26H,4,8,14H2,1-3H3,(H,25,28). The Balaban J connectivity index is 1.77. The maximum Gasteiger partial charge on any atom is 0.336 e. The van der Waals surface area contributed by atoms with Gasteiger partial charge < -0.3 is 19.6 Å². The minimum atomic E-state index is -0.799. The van der Waals surface area contributed by atoms with Crippen molar-refractivity contribution >= 4 is 16.9 Å². The number of fused-ring (bicyclic) bond motifs is 1. The van der Waals surface area contributed by atoms with Crippen LogP contribution in [0.1, 0.15) is 43.1 Å². The molecule has 0 fully saturated rings. The maximum atomic E-state index is 12.5. The second-order valence-electron chi connectivity index (χ2n) is 7.41. The van der Waals surface area contributed by atoms with Gasteiger partial charge in [-0.15, -0.1) is 0 Å². The molecule has 6 nitrogen and oxygen atoms in total. The molecule has 2 unspecified atom stereocenters. The molecule has 30 heavy (non-hydrogen) atoms. The number of carbonyl (C=O) groups excluding carboxylic acids is 1. The molecule has 2 N–H and O–H groups in total. The number of nitrogens with one attached hydrogen (secondary N) is 1. The maximum absolute atomic E-state index is 12.5. The van der Waals surface area contributed by atoms with E-state index in [2.05, 4.69) is 5.32 Å². The number of hydrogen-bond acceptors (Lipinski definition) is 5. The summed E-state index contributed by atoms with van der Waals surface area (Å²) in [5.41, 5.74) is 2.48. The molecule has 0 aliphatic carbocycles. The van der Waals surface area contributed by atoms with Crippen LogP contribution in [0.15, 0.2) is 57.7 Å². The van der Waals surface area contributed by atoms with Gasteiger partial charge in [0.05, 0.1) is 11.5 Å². The van der Waals surface area contributed by atoms with E-state index in [0.717, 1.165) is 23.1 Å². The fraction of sp³-hybridized carbons (Fsp3) is 0.333. The summed E-state index contributed by atoms with van der Waals surface area (Å²) in [7, 11) is 0. The monoisotopic (exact) mass is 409 g/mol. The van der Waals surface area contributed by atoms with Crippen LogP contribution in [-0.2, 0) is 11.2 Å². The summed E-state index contributed by atoms with van der Waals surface area (Å²) < 4.78 is 11.4. The number of aliphatic hydroxyl groups excluding tert-OH is 1. The lowest BCUT2D eigenvalue weighted by molar-refractivity contribution is -0.127. The summed E-state index contributed by atoms with van der Waals surface area (Å²) >= 11 is 0. The first-order valence-corrected chi connectivity index (χ1v) is 10.1. The van der Waals surface area contributed by atoms with Crippen molar-refractivity contribution in [3.63, 3.8) is 0 Å². The van der Waals surface area contributed by atoms with Gasteiger partial charge >= 0.3 is 5.63 Å². The highest BCUT2D eigenvalue weighted by molar-refractivity contribution is 5.88. The normalized spacial score (nSPS) is 13.1. The van der Waals surface area contributed by atoms with Crippen molar-refractivity contribution in [2.45, 2.75) is 45.8 Å². The lowest BCUT2D eigenvalue weighted by atomic mass is 10.0. The Hall–Kier alpha value is -3.12. The molecule has 2 aromatic carbocycles. The summed E-state index contributed by atoms with van der Waals surface area (Å²) in [5.74, 6) is 0.164. The molecule has 0 aliphatic heterocycles. The molecule has 0 saturated carbocycles. The molecule has 3 aromatic rings. The third-order valence-corrected chi connectivity index (χ3v) is 4.88. The first kappa shape index (κ1) is 21.6. The van der Waals surface area contributed by atoms with Gasteiger partial charge in [0.15, 0.2) is 6.10 Å². The fourth-order valence-electron chi connectivity index (χ4n) is 3.41. The van der Waals surface area contributed by atoms with Crippen molar-refractivity contribution in [1.82, 2.24) is 5.32 Å². The van der Waals surface area contributed by atoms with Gasteiger partial charge in [0.25, 0.3) is 5.91 Å². The van der Waals surface area contributed by atoms with Crippen LogP contribution in [0.4, 0.5) is 0 Å². The van der Waals surface area contributed by atoms with E-state index < -0.39 is 17.8 Å². The molecule has 0 radical (unpaired) electrons. The zero-order chi connectivity index (χ0) is 21.7. The number of carbonyl (C=O) groups is 1. The zero-order valence-corrected chi connectivity index (χ0v) is 17.5. The Morgan fingerprint density at radius 1 is 1.20 bits per heavy atom. The van der Waals surface area contributed by atoms with E-state index in [9.17, 15) is 14.7 Å². The molecule has 0 bridgehead atoms. The van der Waals surface area contributed by atoms with Gasteiger partial charge in [0.2, 0.25) is 0 Å². The molecule has 158 valence electrons. The molecule has 3 rings (SSSR count). The molecule has 0 spiro atoms. The van der Waals surface area contributed by atoms with Gasteiger partial charge in [-0.1, -0.05) is 43.7 Å². The van der Waals surface area contributed by atoms with E-state index >= 15 is 0 Å². The summed E-state index contributed by atoms with van der Waals surface area (Å²) in [6, 6.07) is 14.3. The van der Waals surface area contributed by atoms with Crippen molar-refractivity contribution < 1.29 is 19.1 Å².